The molecule has 8 heteroatoms. The number of carboxylic acids is 1. The Bertz CT molecular complexity index is 1060. The summed E-state index contributed by atoms with van der Waals surface area (Å²) in [4.78, 5) is 12.1. The van der Waals surface area contributed by atoms with E-state index in [9.17, 15) is 18.7 Å². The minimum atomic E-state index is -2.85. The molecule has 0 aliphatic heterocycles. The molecule has 2 N–H and O–H groups in total. The fourth-order valence-corrected chi connectivity index (χ4v) is 4.40. The molecular formula is C26H30F3NO4. The van der Waals surface area contributed by atoms with Gasteiger partial charge in [0.25, 0.3) is 0 Å². The minimum Gasteiger partial charge on any atom is -0.491 e. The maximum atomic E-state index is 15.3. The minimum absolute atomic E-state index is 0.164. The van der Waals surface area contributed by atoms with Crippen LogP contribution in [0.15, 0.2) is 30.3 Å². The van der Waals surface area contributed by atoms with E-state index in [1.807, 2.05) is 6.92 Å². The number of ether oxygens (including phenoxy) is 2. The van der Waals surface area contributed by atoms with Crippen molar-refractivity contribution in [3.8, 4) is 16.9 Å². The first-order valence-electron chi connectivity index (χ1n) is 11.7. The van der Waals surface area contributed by atoms with Crippen molar-refractivity contribution in [1.82, 2.24) is 0 Å². The summed E-state index contributed by atoms with van der Waals surface area (Å²) in [7, 11) is 0. The van der Waals surface area contributed by atoms with Crippen LogP contribution in [0.3, 0.4) is 0 Å². The molecule has 0 aromatic heterocycles. The van der Waals surface area contributed by atoms with Crippen molar-refractivity contribution in [3.63, 3.8) is 0 Å². The van der Waals surface area contributed by atoms with E-state index >= 15 is 4.39 Å². The average Bonchev–Trinajstić information content (AvgIpc) is 3.61. The number of aliphatic carboxylic acids is 1. The number of anilines is 1. The molecule has 0 spiro atoms. The number of hydrogen-bond acceptors (Lipinski definition) is 4. The Hall–Kier alpha value is -2.74. The van der Waals surface area contributed by atoms with Gasteiger partial charge in [-0.05, 0) is 80.5 Å². The van der Waals surface area contributed by atoms with Crippen LogP contribution < -0.4 is 10.1 Å². The van der Waals surface area contributed by atoms with Crippen molar-refractivity contribution in [3.05, 3.63) is 47.3 Å². The van der Waals surface area contributed by atoms with Gasteiger partial charge in [-0.15, -0.1) is 0 Å². The van der Waals surface area contributed by atoms with E-state index in [2.05, 4.69) is 5.32 Å². The zero-order valence-electron chi connectivity index (χ0n) is 19.4. The highest BCUT2D eigenvalue weighted by Gasteiger charge is 2.48. The molecule has 2 aromatic rings. The third-order valence-corrected chi connectivity index (χ3v) is 6.51. The maximum Gasteiger partial charge on any atom is 0.329 e. The van der Waals surface area contributed by atoms with Gasteiger partial charge >= 0.3 is 5.97 Å². The summed E-state index contributed by atoms with van der Waals surface area (Å²) in [5.41, 5.74) is 1.51. The van der Waals surface area contributed by atoms with Gasteiger partial charge in [0.2, 0.25) is 5.92 Å². The molecule has 2 saturated carbocycles. The van der Waals surface area contributed by atoms with Gasteiger partial charge in [-0.2, -0.15) is 0 Å². The molecule has 0 amide bonds. The Kier molecular flexibility index (Phi) is 6.80. The molecule has 2 fully saturated rings. The van der Waals surface area contributed by atoms with Crippen LogP contribution in [0.2, 0.25) is 0 Å². The highest BCUT2D eigenvalue weighted by Crippen LogP contribution is 2.41. The molecule has 0 heterocycles. The van der Waals surface area contributed by atoms with Gasteiger partial charge in [-0.3, -0.25) is 0 Å². The number of carboxylic acid groups (broad SMARTS) is 1. The van der Waals surface area contributed by atoms with Gasteiger partial charge in [-0.25, -0.2) is 18.0 Å². The quantitative estimate of drug-likeness (QED) is 0.442. The van der Waals surface area contributed by atoms with E-state index in [1.165, 1.54) is 0 Å². The Morgan fingerprint density at radius 2 is 1.82 bits per heavy atom. The lowest BCUT2D eigenvalue weighted by atomic mass is 9.79. The molecule has 0 unspecified atom stereocenters. The van der Waals surface area contributed by atoms with Crippen LogP contribution in [-0.2, 0) is 16.1 Å². The lowest BCUT2D eigenvalue weighted by Crippen LogP contribution is -2.51. The monoisotopic (exact) mass is 477 g/mol. The number of carbonyl (C=O) groups is 1. The first-order valence-corrected chi connectivity index (χ1v) is 11.7. The molecule has 34 heavy (non-hydrogen) atoms. The fraction of sp³-hybridized carbons (Fsp3) is 0.500. The molecule has 2 aromatic carbocycles. The zero-order valence-corrected chi connectivity index (χ0v) is 19.4. The van der Waals surface area contributed by atoms with Crippen molar-refractivity contribution in [2.45, 2.75) is 76.5 Å². The van der Waals surface area contributed by atoms with Crippen molar-refractivity contribution < 1.29 is 32.5 Å². The van der Waals surface area contributed by atoms with Gasteiger partial charge < -0.3 is 19.9 Å². The van der Waals surface area contributed by atoms with Gasteiger partial charge in [0.05, 0.1) is 19.3 Å². The van der Waals surface area contributed by atoms with Crippen LogP contribution in [-0.4, -0.2) is 35.2 Å². The first-order chi connectivity index (χ1) is 16.1. The Balaban J connectivity index is 1.69. The number of hydrogen-bond donors (Lipinski definition) is 2. The van der Waals surface area contributed by atoms with E-state index < -0.39 is 36.1 Å². The van der Waals surface area contributed by atoms with Crippen LogP contribution in [0.25, 0.3) is 11.1 Å². The molecule has 2 aliphatic rings. The summed E-state index contributed by atoms with van der Waals surface area (Å²) in [6.45, 7) is 4.20. The average molecular weight is 478 g/mol. The predicted molar refractivity (Wildman–Crippen MR) is 123 cm³/mol. The van der Waals surface area contributed by atoms with Gasteiger partial charge in [0, 0.05) is 24.1 Å². The van der Waals surface area contributed by atoms with E-state index in [4.69, 9.17) is 9.47 Å². The van der Waals surface area contributed by atoms with Crippen LogP contribution in [0.1, 0.15) is 56.6 Å². The van der Waals surface area contributed by atoms with Gasteiger partial charge in [-0.1, -0.05) is 6.07 Å². The molecule has 184 valence electrons. The normalized spacial score (nSPS) is 19.0. The van der Waals surface area contributed by atoms with Crippen molar-refractivity contribution >= 4 is 11.7 Å². The number of rotatable bonds is 9. The maximum absolute atomic E-state index is 15.3. The van der Waals surface area contributed by atoms with Gasteiger partial charge in [0.1, 0.15) is 5.54 Å². The summed E-state index contributed by atoms with van der Waals surface area (Å²) in [5, 5.41) is 12.9. The van der Waals surface area contributed by atoms with Crippen molar-refractivity contribution in [1.29, 1.82) is 0 Å². The van der Waals surface area contributed by atoms with Gasteiger partial charge in [0.15, 0.2) is 11.6 Å². The zero-order chi connectivity index (χ0) is 24.5. The summed E-state index contributed by atoms with van der Waals surface area (Å²) in [6.07, 6.45) is 0.753. The highest BCUT2D eigenvalue weighted by molar-refractivity contribution is 5.83. The Labute approximate surface area is 197 Å². The summed E-state index contributed by atoms with van der Waals surface area (Å²) < 4.78 is 54.1. The molecule has 0 bridgehead atoms. The Morgan fingerprint density at radius 3 is 2.44 bits per heavy atom. The van der Waals surface area contributed by atoms with E-state index in [1.54, 1.807) is 37.3 Å². The third-order valence-electron chi connectivity index (χ3n) is 6.51. The number of nitrogens with one attached hydrogen (secondary N) is 1. The lowest BCUT2D eigenvalue weighted by molar-refractivity contribution is -0.146. The molecule has 0 atom stereocenters. The lowest BCUT2D eigenvalue weighted by Gasteiger charge is -2.38. The van der Waals surface area contributed by atoms with Crippen LogP contribution in [0.4, 0.5) is 18.9 Å². The third kappa shape index (κ3) is 5.32. The standard InChI is InChI=1S/C26H30F3NO4/c1-3-33-22-13-16(2)12-21(23(22)27)20-7-4-18(14-17(20)15-34-19-5-6-19)30-25(24(31)32)8-10-26(28,29)11-9-25/h4,7,12-14,19,30H,3,5-6,8-11,15H2,1-2H3,(H,31,32). The second-order valence-electron chi connectivity index (χ2n) is 9.31. The predicted octanol–water partition coefficient (Wildman–Crippen LogP) is 6.32. The smallest absolute Gasteiger partial charge is 0.329 e. The molecule has 2 aliphatic carbocycles. The second-order valence-corrected chi connectivity index (χ2v) is 9.31. The second kappa shape index (κ2) is 9.49. The van der Waals surface area contributed by atoms with Crippen molar-refractivity contribution in [2.75, 3.05) is 11.9 Å². The summed E-state index contributed by atoms with van der Waals surface area (Å²) in [5.74, 6) is -4.32. The molecule has 5 nitrogen and oxygen atoms in total. The first kappa shape index (κ1) is 24.4. The number of alkyl halides is 2. The molecular weight excluding hydrogens is 447 g/mol. The largest absolute Gasteiger partial charge is 0.491 e. The van der Waals surface area contributed by atoms with Crippen LogP contribution in [0.5, 0.6) is 5.75 Å². The molecule has 0 saturated heterocycles. The highest BCUT2D eigenvalue weighted by atomic mass is 19.3. The van der Waals surface area contributed by atoms with E-state index in [0.717, 1.165) is 18.4 Å². The van der Waals surface area contributed by atoms with E-state index in [0.29, 0.717) is 29.0 Å². The van der Waals surface area contributed by atoms with Crippen LogP contribution >= 0.6 is 0 Å². The fourth-order valence-electron chi connectivity index (χ4n) is 4.40. The number of halogens is 3. The topological polar surface area (TPSA) is 67.8 Å². The molecule has 4 rings (SSSR count). The Morgan fingerprint density at radius 1 is 1.12 bits per heavy atom. The van der Waals surface area contributed by atoms with Crippen molar-refractivity contribution in [2.24, 2.45) is 0 Å². The summed E-state index contributed by atoms with van der Waals surface area (Å²) in [6, 6.07) is 8.50. The number of aryl methyl sites for hydroxylation is 1. The van der Waals surface area contributed by atoms with Crippen LogP contribution in [0, 0.1) is 12.7 Å². The van der Waals surface area contributed by atoms with E-state index in [-0.39, 0.29) is 31.3 Å². The summed E-state index contributed by atoms with van der Waals surface area (Å²) >= 11 is 0. The molecule has 0 radical (unpaired) electrons. The SMILES string of the molecule is CCOc1cc(C)cc(-c2ccc(NC3(C(=O)O)CCC(F)(F)CC3)cc2COC2CC2)c1F. The number of benzene rings is 2.